The van der Waals surface area contributed by atoms with Gasteiger partial charge in [-0.15, -0.1) is 21.5 Å². The lowest BCUT2D eigenvalue weighted by atomic mass is 9.55. The van der Waals surface area contributed by atoms with E-state index in [0.717, 1.165) is 130 Å². The molecule has 4 aliphatic heterocycles. The van der Waals surface area contributed by atoms with Crippen LogP contribution in [0.5, 0.6) is 5.75 Å². The highest BCUT2D eigenvalue weighted by Crippen LogP contribution is 2.55. The highest BCUT2D eigenvalue weighted by Gasteiger charge is 2.51. The van der Waals surface area contributed by atoms with Gasteiger partial charge in [-0.2, -0.15) is 0 Å². The molecule has 5 fully saturated rings. The fourth-order valence-corrected chi connectivity index (χ4v) is 13.6. The zero-order valence-electron chi connectivity index (χ0n) is 43.0. The largest absolute Gasteiger partial charge is 0.507 e. The molecule has 3 amide bonds. The number of nitrogens with one attached hydrogen (secondary N) is 3. The molecule has 5 aromatic rings. The Labute approximate surface area is 437 Å². The summed E-state index contributed by atoms with van der Waals surface area (Å²) >= 11 is 1.59. The molecule has 1 spiro atoms. The monoisotopic (exact) mass is 1020 g/mol. The van der Waals surface area contributed by atoms with Crippen molar-refractivity contribution in [2.75, 3.05) is 60.9 Å². The number of carbonyl (C=O) groups excluding carboxylic acids is 3. The summed E-state index contributed by atoms with van der Waals surface area (Å²) in [6.45, 7) is 13.4. The SMILES string of the molecule is Cc1ncsc1-c1ccc(CNC(=O)[C@@H]2C[C@@H](O)CN2C(=O)[C@@H](NC(=O)[C@H]2CC3(CC[C@H](N4CCC(c5cnc(N6CCN7c8cc(-c9ccccc9O)nnc8NC[C@H]7C6)nc5)CC4)CC3)C2)C(C)(C)C)cc1. The highest BCUT2D eigenvalue weighted by atomic mass is 32.1. The minimum atomic E-state index is -0.836. The Hall–Kier alpha value is -6.24. The second-order valence-electron chi connectivity index (χ2n) is 23.0. The van der Waals surface area contributed by atoms with Crippen molar-refractivity contribution in [3.05, 3.63) is 89.3 Å². The first-order chi connectivity index (χ1) is 35.7. The number of likely N-dealkylation sites (tertiary alicyclic amines) is 2. The smallest absolute Gasteiger partial charge is 0.246 e. The van der Waals surface area contributed by atoms with E-state index in [-0.39, 0.29) is 53.8 Å². The molecule has 7 heterocycles. The van der Waals surface area contributed by atoms with Gasteiger partial charge in [-0.3, -0.25) is 14.4 Å². The number of aromatic nitrogens is 5. The van der Waals surface area contributed by atoms with Crippen molar-refractivity contribution in [3.8, 4) is 27.4 Å². The number of benzene rings is 2. The minimum Gasteiger partial charge on any atom is -0.507 e. The number of carbonyl (C=O) groups is 3. The lowest BCUT2D eigenvalue weighted by Crippen LogP contribution is -2.59. The fraction of sp³-hybridized carbons (Fsp3) is 0.536. The van der Waals surface area contributed by atoms with Gasteiger partial charge in [0.15, 0.2) is 5.82 Å². The van der Waals surface area contributed by atoms with E-state index in [1.807, 2.05) is 88.1 Å². The van der Waals surface area contributed by atoms with Crippen LogP contribution in [-0.4, -0.2) is 139 Å². The van der Waals surface area contributed by atoms with E-state index < -0.39 is 23.6 Å². The molecule has 0 radical (unpaired) electrons. The maximum atomic E-state index is 14.3. The Kier molecular flexibility index (Phi) is 13.8. The van der Waals surface area contributed by atoms with Gasteiger partial charge in [0, 0.05) is 75.6 Å². The van der Waals surface area contributed by atoms with Gasteiger partial charge >= 0.3 is 0 Å². The standard InChI is InChI=1S/C56H70N12O5S/c1-34-48(74-33-61-34)37-11-9-35(10-12-37)27-58-52(72)46-23-42(69)32-68(46)53(73)49(55(2,3)4)62-51(71)38-25-56(26-38)17-13-40(14-18-56)65-19-15-36(16-20-65)39-28-59-54(60-29-39)66-21-22-67-41(31-66)30-57-50-45(67)24-44(63-64-50)43-7-5-6-8-47(43)70/h5-12,24,28-29,33,36,38,40-42,46,49,69-70H,13-23,25-27,30-32H2,1-4H3,(H,57,64)(H,58,72)(H,62,71)/t38-,40-,41-,42+,46-,49+,56?/m0/s1. The van der Waals surface area contributed by atoms with Crippen molar-refractivity contribution in [1.29, 1.82) is 0 Å². The number of aromatic hydroxyl groups is 1. The number of piperazine rings is 1. The molecule has 2 saturated carbocycles. The summed E-state index contributed by atoms with van der Waals surface area (Å²) in [6.07, 6.45) is 11.8. The van der Waals surface area contributed by atoms with Crippen LogP contribution in [0.3, 0.4) is 0 Å². The molecule has 0 unspecified atom stereocenters. The van der Waals surface area contributed by atoms with Crippen molar-refractivity contribution in [2.24, 2.45) is 16.7 Å². The molecule has 17 nitrogen and oxygen atoms in total. The molecule has 3 aromatic heterocycles. The van der Waals surface area contributed by atoms with Crippen LogP contribution in [0.4, 0.5) is 17.5 Å². The zero-order chi connectivity index (χ0) is 51.3. The van der Waals surface area contributed by atoms with Crippen molar-refractivity contribution in [1.82, 2.24) is 45.6 Å². The first-order valence-corrected chi connectivity index (χ1v) is 27.6. The van der Waals surface area contributed by atoms with Crippen LogP contribution in [0, 0.1) is 23.7 Å². The van der Waals surface area contributed by atoms with Gasteiger partial charge in [-0.25, -0.2) is 15.0 Å². The lowest BCUT2D eigenvalue weighted by Gasteiger charge is -2.53. The third kappa shape index (κ3) is 10.2. The molecule has 4 atom stereocenters. The van der Waals surface area contributed by atoms with E-state index in [1.165, 1.54) is 10.5 Å². The summed E-state index contributed by atoms with van der Waals surface area (Å²) in [7, 11) is 0. The van der Waals surface area contributed by atoms with Gasteiger partial charge in [-0.1, -0.05) is 57.2 Å². The minimum absolute atomic E-state index is 0.0483. The number of thiazole rings is 1. The summed E-state index contributed by atoms with van der Waals surface area (Å²) in [5.41, 5.74) is 7.91. The van der Waals surface area contributed by atoms with E-state index in [2.05, 4.69) is 45.8 Å². The molecule has 6 aliphatic rings. The molecular weight excluding hydrogens is 953 g/mol. The number of β-amino-alcohol motifs (C(OH)–C–C–N with tert-alkyl or cyclic N) is 1. The van der Waals surface area contributed by atoms with Crippen molar-refractivity contribution in [2.45, 2.75) is 128 Å². The quantitative estimate of drug-likeness (QED) is 0.0957. The Balaban J connectivity index is 0.622. The number of phenols is 1. The van der Waals surface area contributed by atoms with Gasteiger partial charge in [0.1, 0.15) is 17.8 Å². The molecule has 0 bridgehead atoms. The summed E-state index contributed by atoms with van der Waals surface area (Å²) in [6, 6.07) is 16.4. The average molecular weight is 1020 g/mol. The number of aryl methyl sites for hydroxylation is 1. The summed E-state index contributed by atoms with van der Waals surface area (Å²) in [4.78, 5) is 66.0. The molecule has 2 aromatic carbocycles. The average Bonchev–Trinajstić information content (AvgIpc) is 4.03. The molecule has 390 valence electrons. The Morgan fingerprint density at radius 1 is 0.892 bits per heavy atom. The summed E-state index contributed by atoms with van der Waals surface area (Å²) in [5.74, 6) is 1.29. The number of fused-ring (bicyclic) bond motifs is 3. The number of anilines is 3. The van der Waals surface area contributed by atoms with Crippen LogP contribution >= 0.6 is 11.3 Å². The summed E-state index contributed by atoms with van der Waals surface area (Å²) < 4.78 is 0. The van der Waals surface area contributed by atoms with E-state index in [0.29, 0.717) is 29.8 Å². The number of piperidine rings is 1. The maximum Gasteiger partial charge on any atom is 0.246 e. The van der Waals surface area contributed by atoms with Crippen LogP contribution in [0.15, 0.2) is 72.5 Å². The predicted octanol–water partition coefficient (Wildman–Crippen LogP) is 6.52. The number of nitrogens with zero attached hydrogens (tertiary/aromatic N) is 9. The van der Waals surface area contributed by atoms with E-state index in [4.69, 9.17) is 9.97 Å². The lowest BCUT2D eigenvalue weighted by molar-refractivity contribution is -0.146. The number of aliphatic hydroxyl groups is 1. The number of phenolic OH excluding ortho intramolecular Hbond substituents is 1. The Morgan fingerprint density at radius 2 is 1.64 bits per heavy atom. The number of aliphatic hydroxyl groups excluding tert-OH is 1. The van der Waals surface area contributed by atoms with Crippen LogP contribution in [0.2, 0.25) is 0 Å². The number of amides is 3. The van der Waals surface area contributed by atoms with E-state index in [9.17, 15) is 24.6 Å². The summed E-state index contributed by atoms with van der Waals surface area (Å²) in [5, 5.41) is 39.7. The van der Waals surface area contributed by atoms with Crippen LogP contribution in [0.1, 0.15) is 101 Å². The van der Waals surface area contributed by atoms with Crippen LogP contribution in [-0.2, 0) is 20.9 Å². The normalized spacial score (nSPS) is 25.6. The number of hydrogen-bond donors (Lipinski definition) is 5. The number of hydrogen-bond acceptors (Lipinski definition) is 15. The van der Waals surface area contributed by atoms with E-state index in [1.54, 1.807) is 23.5 Å². The zero-order valence-corrected chi connectivity index (χ0v) is 43.9. The first kappa shape index (κ1) is 49.9. The van der Waals surface area contributed by atoms with Crippen molar-refractivity contribution < 1.29 is 24.6 Å². The molecule has 18 heteroatoms. The maximum absolute atomic E-state index is 14.3. The van der Waals surface area contributed by atoms with Crippen LogP contribution in [0.25, 0.3) is 21.7 Å². The molecular formula is C56H70N12O5S. The predicted molar refractivity (Wildman–Crippen MR) is 286 cm³/mol. The third-order valence-electron chi connectivity index (χ3n) is 17.1. The van der Waals surface area contributed by atoms with Crippen molar-refractivity contribution in [3.63, 3.8) is 0 Å². The van der Waals surface area contributed by atoms with Gasteiger partial charge in [0.2, 0.25) is 23.7 Å². The molecule has 2 aliphatic carbocycles. The molecule has 5 N–H and O–H groups in total. The van der Waals surface area contributed by atoms with Gasteiger partial charge in [-0.05, 0) is 123 Å². The van der Waals surface area contributed by atoms with E-state index >= 15 is 0 Å². The van der Waals surface area contributed by atoms with Gasteiger partial charge < -0.3 is 45.8 Å². The highest BCUT2D eigenvalue weighted by molar-refractivity contribution is 7.13. The molecule has 11 rings (SSSR count). The third-order valence-corrected chi connectivity index (χ3v) is 18.1. The van der Waals surface area contributed by atoms with Crippen molar-refractivity contribution >= 4 is 46.5 Å². The number of para-hydroxylation sites is 1. The number of rotatable bonds is 11. The first-order valence-electron chi connectivity index (χ1n) is 26.7. The van der Waals surface area contributed by atoms with Crippen LogP contribution < -0.4 is 25.8 Å². The second-order valence-corrected chi connectivity index (χ2v) is 23.9. The fourth-order valence-electron chi connectivity index (χ4n) is 12.8. The van der Waals surface area contributed by atoms with Gasteiger partial charge in [0.05, 0.1) is 39.6 Å². The second kappa shape index (κ2) is 20.5. The molecule has 74 heavy (non-hydrogen) atoms. The molecule has 3 saturated heterocycles. The Bertz CT molecular complexity index is 2830. The Morgan fingerprint density at radius 3 is 2.34 bits per heavy atom. The topological polar surface area (TPSA) is 205 Å². The van der Waals surface area contributed by atoms with Gasteiger partial charge in [0.25, 0.3) is 0 Å².